The van der Waals surface area contributed by atoms with Crippen LogP contribution in [0.5, 0.6) is 0 Å². The highest BCUT2D eigenvalue weighted by molar-refractivity contribution is 7.89. The predicted octanol–water partition coefficient (Wildman–Crippen LogP) is 4.16. The largest absolute Gasteiger partial charge is 0.325 e. The van der Waals surface area contributed by atoms with Crippen LogP contribution >= 0.6 is 0 Å². The fraction of sp³-hybridized carbons (Fsp3) is 0.435. The maximum Gasteiger partial charge on any atom is 0.241 e. The topological polar surface area (TPSA) is 101 Å². The second kappa shape index (κ2) is 10.2. The number of hydrogen-bond acceptors (Lipinski definition) is 4. The second-order valence-electron chi connectivity index (χ2n) is 8.14. The van der Waals surface area contributed by atoms with E-state index in [1.54, 1.807) is 0 Å². The van der Waals surface area contributed by atoms with Gasteiger partial charge in [0.1, 0.15) is 0 Å². The Bertz CT molecular complexity index is 939. The molecule has 0 fully saturated rings. The third kappa shape index (κ3) is 6.39. The van der Waals surface area contributed by atoms with Crippen molar-refractivity contribution in [3.63, 3.8) is 0 Å². The Hall–Kier alpha value is -2.22. The zero-order valence-corrected chi connectivity index (χ0v) is 19.2. The zero-order chi connectivity index (χ0) is 22.5. The summed E-state index contributed by atoms with van der Waals surface area (Å²) >= 11 is 0. The summed E-state index contributed by atoms with van der Waals surface area (Å²) < 4.78 is 22.7. The van der Waals surface area contributed by atoms with E-state index in [1.807, 2.05) is 6.92 Å². The Balaban J connectivity index is 2.07. The van der Waals surface area contributed by atoms with Crippen molar-refractivity contribution in [3.05, 3.63) is 59.7 Å². The Kier molecular flexibility index (Phi) is 8.18. The number of nitrogens with two attached hydrogens (primary N) is 1. The van der Waals surface area contributed by atoms with Crippen LogP contribution in [0, 0.1) is 5.92 Å². The van der Waals surface area contributed by atoms with Gasteiger partial charge < -0.3 is 5.32 Å². The van der Waals surface area contributed by atoms with E-state index < -0.39 is 16.1 Å². The lowest BCUT2D eigenvalue weighted by Crippen LogP contribution is -2.41. The van der Waals surface area contributed by atoms with Crippen molar-refractivity contribution in [2.45, 2.75) is 63.9 Å². The monoisotopic (exact) mass is 431 g/mol. The van der Waals surface area contributed by atoms with Gasteiger partial charge in [-0.3, -0.25) is 10.1 Å². The number of sulfonamides is 1. The summed E-state index contributed by atoms with van der Waals surface area (Å²) in [5, 5.41) is 11.3. The lowest BCUT2D eigenvalue weighted by Gasteiger charge is -2.27. The van der Waals surface area contributed by atoms with Crippen LogP contribution < -0.4 is 15.8 Å². The third-order valence-electron chi connectivity index (χ3n) is 5.42. The number of amides is 1. The van der Waals surface area contributed by atoms with Crippen LogP contribution in [0.1, 0.15) is 64.1 Å². The second-order valence-corrected chi connectivity index (χ2v) is 9.71. The molecular formula is C23H33N3O3S. The zero-order valence-electron chi connectivity index (χ0n) is 18.3. The molecule has 4 N–H and O–H groups in total. The van der Waals surface area contributed by atoms with Crippen LogP contribution in [-0.4, -0.2) is 20.4 Å². The van der Waals surface area contributed by atoms with E-state index in [9.17, 15) is 13.2 Å². The summed E-state index contributed by atoms with van der Waals surface area (Å²) in [6.45, 7) is 10.5. The molecule has 0 bridgehead atoms. The number of rotatable bonds is 9. The molecule has 0 saturated heterocycles. The highest BCUT2D eigenvalue weighted by atomic mass is 32.2. The van der Waals surface area contributed by atoms with Gasteiger partial charge in [0.15, 0.2) is 0 Å². The van der Waals surface area contributed by atoms with Crippen molar-refractivity contribution in [1.29, 1.82) is 0 Å². The number of hydrogen-bond donors (Lipinski definition) is 3. The van der Waals surface area contributed by atoms with E-state index in [-0.39, 0.29) is 16.8 Å². The lowest BCUT2D eigenvalue weighted by molar-refractivity contribution is -0.118. The van der Waals surface area contributed by atoms with E-state index in [1.165, 1.54) is 29.8 Å². The van der Waals surface area contributed by atoms with Gasteiger partial charge in [-0.05, 0) is 60.6 Å². The molecule has 2 aromatic carbocycles. The predicted molar refractivity (Wildman–Crippen MR) is 122 cm³/mol. The summed E-state index contributed by atoms with van der Waals surface area (Å²) in [5.41, 5.74) is 2.98. The summed E-state index contributed by atoms with van der Waals surface area (Å²) in [6.07, 6.45) is 1.10. The minimum Gasteiger partial charge on any atom is -0.325 e. The number of carbonyl (C=O) groups excluding carboxylic acids is 1. The molecule has 2 rings (SSSR count). The van der Waals surface area contributed by atoms with Gasteiger partial charge in [-0.15, -0.1) is 0 Å². The van der Waals surface area contributed by atoms with Crippen molar-refractivity contribution in [2.75, 3.05) is 5.32 Å². The summed E-state index contributed by atoms with van der Waals surface area (Å²) in [5.74, 6) is 0.624. The van der Waals surface area contributed by atoms with Crippen molar-refractivity contribution in [2.24, 2.45) is 11.1 Å². The molecule has 164 valence electrons. The molecule has 0 saturated carbocycles. The number of benzene rings is 2. The third-order valence-corrected chi connectivity index (χ3v) is 6.35. The molecule has 1 amide bonds. The average molecular weight is 432 g/mol. The lowest BCUT2D eigenvalue weighted by atomic mass is 9.91. The number of carbonyl (C=O) groups is 1. The highest BCUT2D eigenvalue weighted by Crippen LogP contribution is 2.26. The normalized spacial score (nSPS) is 14.9. The van der Waals surface area contributed by atoms with Gasteiger partial charge in [-0.25, -0.2) is 13.6 Å². The minimum atomic E-state index is -3.76. The first kappa shape index (κ1) is 24.1. The molecule has 2 aromatic rings. The van der Waals surface area contributed by atoms with Crippen molar-refractivity contribution < 1.29 is 13.2 Å². The maximum atomic E-state index is 12.6. The van der Waals surface area contributed by atoms with Gasteiger partial charge >= 0.3 is 0 Å². The van der Waals surface area contributed by atoms with E-state index >= 15 is 0 Å². The maximum absolute atomic E-state index is 12.6. The molecule has 0 aliphatic heterocycles. The van der Waals surface area contributed by atoms with Gasteiger partial charge in [0.2, 0.25) is 15.9 Å². The molecule has 0 radical (unpaired) electrons. The van der Waals surface area contributed by atoms with Gasteiger partial charge in [0, 0.05) is 11.7 Å². The fourth-order valence-corrected chi connectivity index (χ4v) is 3.78. The Morgan fingerprint density at radius 3 is 1.93 bits per heavy atom. The fourth-order valence-electron chi connectivity index (χ4n) is 3.26. The number of nitrogens with one attached hydrogen (secondary N) is 2. The average Bonchev–Trinajstić information content (AvgIpc) is 2.70. The van der Waals surface area contributed by atoms with Gasteiger partial charge in [0.25, 0.3) is 0 Å². The first-order valence-electron chi connectivity index (χ1n) is 10.3. The molecule has 30 heavy (non-hydrogen) atoms. The molecule has 0 aliphatic carbocycles. The molecule has 6 nitrogen and oxygen atoms in total. The standard InChI is InChI=1S/C23H33N3O3S/c1-6-16(4)18-7-9-19(10-8-18)22(15(2)3)25-17(5)23(27)26-20-11-13-21(14-12-20)30(24,28)29/h7-17,22,25H,6H2,1-5H3,(H,26,27)(H2,24,28,29)/t16-,17+,22+/m1/s1. The van der Waals surface area contributed by atoms with Crippen LogP contribution in [0.2, 0.25) is 0 Å². The SMILES string of the molecule is CC[C@@H](C)c1ccc([C@@H](N[C@@H](C)C(=O)Nc2ccc(S(N)(=O)=O)cc2)C(C)C)cc1. The van der Waals surface area contributed by atoms with Gasteiger partial charge in [-0.1, -0.05) is 52.0 Å². The molecule has 0 spiro atoms. The number of primary sulfonamides is 1. The van der Waals surface area contributed by atoms with Crippen molar-refractivity contribution in [3.8, 4) is 0 Å². The minimum absolute atomic E-state index is 0.00684. The first-order valence-corrected chi connectivity index (χ1v) is 11.9. The Morgan fingerprint density at radius 2 is 1.47 bits per heavy atom. The Labute approximate surface area is 180 Å². The molecule has 3 atom stereocenters. The van der Waals surface area contributed by atoms with Gasteiger partial charge in [0.05, 0.1) is 10.9 Å². The molecule has 0 heterocycles. The summed E-state index contributed by atoms with van der Waals surface area (Å²) in [7, 11) is -3.76. The summed E-state index contributed by atoms with van der Waals surface area (Å²) in [6, 6.07) is 14.0. The molecule has 0 unspecified atom stereocenters. The highest BCUT2D eigenvalue weighted by Gasteiger charge is 2.22. The smallest absolute Gasteiger partial charge is 0.241 e. The molecule has 0 aliphatic rings. The van der Waals surface area contributed by atoms with Gasteiger partial charge in [-0.2, -0.15) is 0 Å². The van der Waals surface area contributed by atoms with E-state index in [0.717, 1.165) is 12.0 Å². The van der Waals surface area contributed by atoms with Crippen LogP contribution in [0.3, 0.4) is 0 Å². The summed E-state index contributed by atoms with van der Waals surface area (Å²) in [4.78, 5) is 12.7. The molecule has 0 aromatic heterocycles. The first-order chi connectivity index (χ1) is 14.0. The van der Waals surface area contributed by atoms with Crippen LogP contribution in [0.4, 0.5) is 5.69 Å². The number of anilines is 1. The van der Waals surface area contributed by atoms with Crippen LogP contribution in [0.25, 0.3) is 0 Å². The van der Waals surface area contributed by atoms with Crippen molar-refractivity contribution in [1.82, 2.24) is 5.32 Å². The quantitative estimate of drug-likeness (QED) is 0.555. The van der Waals surface area contributed by atoms with Crippen LogP contribution in [-0.2, 0) is 14.8 Å². The van der Waals surface area contributed by atoms with Crippen LogP contribution in [0.15, 0.2) is 53.4 Å². The van der Waals surface area contributed by atoms with Crippen molar-refractivity contribution >= 4 is 21.6 Å². The Morgan fingerprint density at radius 1 is 0.933 bits per heavy atom. The molecular weight excluding hydrogens is 398 g/mol. The van der Waals surface area contributed by atoms with E-state index in [2.05, 4.69) is 62.6 Å². The van der Waals surface area contributed by atoms with E-state index in [0.29, 0.717) is 17.5 Å². The molecule has 7 heteroatoms. The van der Waals surface area contributed by atoms with E-state index in [4.69, 9.17) is 5.14 Å².